The van der Waals surface area contributed by atoms with E-state index in [-0.39, 0.29) is 0 Å². The number of nitriles is 1. The highest BCUT2D eigenvalue weighted by atomic mass is 16.7. The maximum Gasteiger partial charge on any atom is 0.331 e. The minimum atomic E-state index is -0.422. The SMILES string of the molecule is CC(=O)O/N=C(/CC/C=C/C#N)CCc1ccccc1. The number of hydrogen-bond donors (Lipinski definition) is 0. The van der Waals surface area contributed by atoms with Crippen molar-refractivity contribution < 1.29 is 9.63 Å². The molecule has 104 valence electrons. The van der Waals surface area contributed by atoms with Gasteiger partial charge in [-0.25, -0.2) is 4.79 Å². The van der Waals surface area contributed by atoms with Crippen LogP contribution in [0.4, 0.5) is 0 Å². The summed E-state index contributed by atoms with van der Waals surface area (Å²) in [6.07, 6.45) is 6.20. The van der Waals surface area contributed by atoms with Crippen molar-refractivity contribution >= 4 is 11.7 Å². The molecule has 0 saturated heterocycles. The Morgan fingerprint density at radius 1 is 1.35 bits per heavy atom. The lowest BCUT2D eigenvalue weighted by atomic mass is 10.0. The number of oxime groups is 1. The van der Waals surface area contributed by atoms with Gasteiger partial charge in [-0.05, 0) is 31.2 Å². The van der Waals surface area contributed by atoms with Crippen molar-refractivity contribution in [2.75, 3.05) is 0 Å². The van der Waals surface area contributed by atoms with E-state index in [1.807, 2.05) is 24.3 Å². The lowest BCUT2D eigenvalue weighted by Gasteiger charge is -2.04. The van der Waals surface area contributed by atoms with Crippen LogP contribution in [-0.2, 0) is 16.1 Å². The molecule has 20 heavy (non-hydrogen) atoms. The number of aryl methyl sites for hydroxylation is 1. The first-order valence-electron chi connectivity index (χ1n) is 6.54. The molecule has 0 radical (unpaired) electrons. The molecular weight excluding hydrogens is 252 g/mol. The van der Waals surface area contributed by atoms with Crippen molar-refractivity contribution in [3.63, 3.8) is 0 Å². The van der Waals surface area contributed by atoms with E-state index in [1.165, 1.54) is 18.6 Å². The summed E-state index contributed by atoms with van der Waals surface area (Å²) in [5.74, 6) is -0.422. The highest BCUT2D eigenvalue weighted by Gasteiger charge is 2.02. The molecular formula is C16H18N2O2. The molecule has 0 fully saturated rings. The first-order valence-corrected chi connectivity index (χ1v) is 6.54. The van der Waals surface area contributed by atoms with E-state index in [0.29, 0.717) is 12.8 Å². The van der Waals surface area contributed by atoms with Gasteiger partial charge in [0.05, 0.1) is 11.8 Å². The Labute approximate surface area is 119 Å². The van der Waals surface area contributed by atoms with E-state index in [9.17, 15) is 4.79 Å². The topological polar surface area (TPSA) is 62.4 Å². The molecule has 0 aliphatic heterocycles. The van der Waals surface area contributed by atoms with Crippen molar-refractivity contribution in [2.45, 2.75) is 32.6 Å². The van der Waals surface area contributed by atoms with Crippen LogP contribution in [0.1, 0.15) is 31.7 Å². The first kappa shape index (κ1) is 15.6. The fourth-order valence-electron chi connectivity index (χ4n) is 1.66. The van der Waals surface area contributed by atoms with Gasteiger partial charge < -0.3 is 4.84 Å². The molecule has 1 aromatic carbocycles. The molecule has 0 atom stereocenters. The monoisotopic (exact) mass is 270 g/mol. The van der Waals surface area contributed by atoms with Gasteiger partial charge in [0.2, 0.25) is 0 Å². The molecule has 4 nitrogen and oxygen atoms in total. The predicted molar refractivity (Wildman–Crippen MR) is 78.0 cm³/mol. The lowest BCUT2D eigenvalue weighted by Crippen LogP contribution is -2.04. The number of nitrogens with zero attached hydrogens (tertiary/aromatic N) is 2. The molecule has 1 rings (SSSR count). The standard InChI is InChI=1S/C16H18N2O2/c1-14(19)20-18-16(10-6-3-7-13-17)12-11-15-8-4-2-5-9-15/h2-5,7-9H,6,10-12H2,1H3/b7-3+,18-16-. The summed E-state index contributed by atoms with van der Waals surface area (Å²) < 4.78 is 0. The Morgan fingerprint density at radius 3 is 2.75 bits per heavy atom. The summed E-state index contributed by atoms with van der Waals surface area (Å²) in [6, 6.07) is 12.0. The number of allylic oxidation sites excluding steroid dienone is 2. The second-order valence-electron chi connectivity index (χ2n) is 4.30. The van der Waals surface area contributed by atoms with Crippen LogP contribution >= 0.6 is 0 Å². The van der Waals surface area contributed by atoms with Gasteiger partial charge in [-0.15, -0.1) is 0 Å². The van der Waals surface area contributed by atoms with Crippen LogP contribution in [0.3, 0.4) is 0 Å². The molecule has 0 aliphatic carbocycles. The Balaban J connectivity index is 2.53. The molecule has 0 aliphatic rings. The van der Waals surface area contributed by atoms with E-state index >= 15 is 0 Å². The molecule has 0 heterocycles. The molecule has 0 spiro atoms. The van der Waals surface area contributed by atoms with Crippen LogP contribution < -0.4 is 0 Å². The fraction of sp³-hybridized carbons (Fsp3) is 0.312. The van der Waals surface area contributed by atoms with Gasteiger partial charge in [0.1, 0.15) is 0 Å². The molecule has 0 unspecified atom stereocenters. The second kappa shape index (κ2) is 9.51. The number of benzene rings is 1. The molecule has 0 N–H and O–H groups in total. The summed E-state index contributed by atoms with van der Waals surface area (Å²) in [5, 5.41) is 12.3. The van der Waals surface area contributed by atoms with Crippen molar-refractivity contribution in [3.8, 4) is 6.07 Å². The van der Waals surface area contributed by atoms with E-state index in [1.54, 1.807) is 6.08 Å². The van der Waals surface area contributed by atoms with Crippen molar-refractivity contribution in [3.05, 3.63) is 48.0 Å². The summed E-state index contributed by atoms with van der Waals surface area (Å²) in [7, 11) is 0. The second-order valence-corrected chi connectivity index (χ2v) is 4.30. The van der Waals surface area contributed by atoms with Gasteiger partial charge in [0, 0.05) is 13.0 Å². The third-order valence-corrected chi connectivity index (χ3v) is 2.64. The maximum absolute atomic E-state index is 10.8. The third kappa shape index (κ3) is 7.12. The van der Waals surface area contributed by atoms with E-state index in [0.717, 1.165) is 18.6 Å². The quantitative estimate of drug-likeness (QED) is 0.330. The maximum atomic E-state index is 10.8. The van der Waals surface area contributed by atoms with Gasteiger partial charge in [-0.3, -0.25) is 0 Å². The van der Waals surface area contributed by atoms with Crippen LogP contribution in [0.5, 0.6) is 0 Å². The van der Waals surface area contributed by atoms with Crippen LogP contribution in [0, 0.1) is 11.3 Å². The molecule has 1 aromatic rings. The average molecular weight is 270 g/mol. The molecule has 4 heteroatoms. The van der Waals surface area contributed by atoms with Crippen LogP contribution in [0.2, 0.25) is 0 Å². The normalized spacial score (nSPS) is 11.3. The Morgan fingerprint density at radius 2 is 2.10 bits per heavy atom. The van der Waals surface area contributed by atoms with Crippen molar-refractivity contribution in [1.29, 1.82) is 5.26 Å². The Kier molecular flexibility index (Phi) is 7.44. The lowest BCUT2D eigenvalue weighted by molar-refractivity contribution is -0.140. The van der Waals surface area contributed by atoms with E-state index in [4.69, 9.17) is 10.1 Å². The van der Waals surface area contributed by atoms with Crippen molar-refractivity contribution in [2.24, 2.45) is 5.16 Å². The zero-order valence-electron chi connectivity index (χ0n) is 11.6. The number of carbonyl (C=O) groups is 1. The first-order chi connectivity index (χ1) is 9.72. The zero-order chi connectivity index (χ0) is 14.6. The molecule has 0 aromatic heterocycles. The van der Waals surface area contributed by atoms with Crippen LogP contribution in [0.15, 0.2) is 47.6 Å². The molecule has 0 amide bonds. The van der Waals surface area contributed by atoms with Crippen LogP contribution in [-0.4, -0.2) is 11.7 Å². The number of rotatable bonds is 7. The van der Waals surface area contributed by atoms with E-state index < -0.39 is 5.97 Å². The summed E-state index contributed by atoms with van der Waals surface area (Å²) in [4.78, 5) is 15.5. The summed E-state index contributed by atoms with van der Waals surface area (Å²) >= 11 is 0. The van der Waals surface area contributed by atoms with Gasteiger partial charge in [-0.1, -0.05) is 41.6 Å². The smallest absolute Gasteiger partial charge is 0.319 e. The minimum Gasteiger partial charge on any atom is -0.319 e. The van der Waals surface area contributed by atoms with Crippen LogP contribution in [0.25, 0.3) is 0 Å². The van der Waals surface area contributed by atoms with E-state index in [2.05, 4.69) is 17.3 Å². The molecule has 0 saturated carbocycles. The molecule has 0 bridgehead atoms. The zero-order valence-corrected chi connectivity index (χ0v) is 11.6. The highest BCUT2D eigenvalue weighted by molar-refractivity contribution is 5.85. The predicted octanol–water partition coefficient (Wildman–Crippen LogP) is 3.40. The van der Waals surface area contributed by atoms with Gasteiger partial charge >= 0.3 is 5.97 Å². The average Bonchev–Trinajstić information content (AvgIpc) is 2.46. The van der Waals surface area contributed by atoms with Gasteiger partial charge in [0.15, 0.2) is 0 Å². The highest BCUT2D eigenvalue weighted by Crippen LogP contribution is 2.07. The van der Waals surface area contributed by atoms with Gasteiger partial charge in [0.25, 0.3) is 0 Å². The Bertz CT molecular complexity index is 513. The number of hydrogen-bond acceptors (Lipinski definition) is 4. The fourth-order valence-corrected chi connectivity index (χ4v) is 1.66. The number of carbonyl (C=O) groups excluding carboxylic acids is 1. The summed E-state index contributed by atoms with van der Waals surface area (Å²) in [5.41, 5.74) is 2.04. The Hall–Kier alpha value is -2.41. The van der Waals surface area contributed by atoms with Gasteiger partial charge in [-0.2, -0.15) is 5.26 Å². The third-order valence-electron chi connectivity index (χ3n) is 2.64. The minimum absolute atomic E-state index is 0.422. The largest absolute Gasteiger partial charge is 0.331 e. The van der Waals surface area contributed by atoms with Crippen molar-refractivity contribution in [1.82, 2.24) is 0 Å². The summed E-state index contributed by atoms with van der Waals surface area (Å²) in [6.45, 7) is 1.33.